The van der Waals surface area contributed by atoms with Gasteiger partial charge in [-0.1, -0.05) is 11.6 Å². The molecule has 16 heavy (non-hydrogen) atoms. The maximum absolute atomic E-state index is 10.6. The molecular weight excluding hydrogens is 208 g/mol. The number of carboxylic acid groups (broad SMARTS) is 1. The number of aromatic carboxylic acids is 1. The van der Waals surface area contributed by atoms with Crippen LogP contribution in [0.4, 0.5) is 0 Å². The van der Waals surface area contributed by atoms with Crippen molar-refractivity contribution >= 4 is 5.97 Å². The van der Waals surface area contributed by atoms with E-state index in [1.165, 1.54) is 25.5 Å². The van der Waals surface area contributed by atoms with E-state index < -0.39 is 5.97 Å². The largest absolute Gasteiger partial charge is 0.476 e. The summed E-state index contributed by atoms with van der Waals surface area (Å²) in [5.74, 6) is -1.03. The molecule has 0 spiro atoms. The van der Waals surface area contributed by atoms with E-state index in [-0.39, 0.29) is 5.69 Å². The Balaban J connectivity index is 1.81. The van der Waals surface area contributed by atoms with E-state index in [1.54, 1.807) is 4.68 Å². The molecule has 1 fully saturated rings. The van der Waals surface area contributed by atoms with Crippen molar-refractivity contribution in [2.45, 2.75) is 31.8 Å². The highest BCUT2D eigenvalue weighted by molar-refractivity contribution is 5.84. The number of likely N-dealkylation sites (N-methyl/N-ethyl adjacent to an activating group) is 1. The van der Waals surface area contributed by atoms with Crippen LogP contribution < -0.4 is 0 Å². The van der Waals surface area contributed by atoms with Gasteiger partial charge in [0.1, 0.15) is 0 Å². The lowest BCUT2D eigenvalue weighted by molar-refractivity contribution is 0.0690. The third-order valence-corrected chi connectivity index (χ3v) is 3.14. The molecule has 1 aromatic heterocycles. The molecule has 0 bridgehead atoms. The minimum Gasteiger partial charge on any atom is -0.476 e. The first-order valence-electron chi connectivity index (χ1n) is 5.50. The first-order chi connectivity index (χ1) is 7.66. The lowest BCUT2D eigenvalue weighted by Gasteiger charge is -2.34. The summed E-state index contributed by atoms with van der Waals surface area (Å²) in [6.45, 7) is 1.57. The number of rotatable bonds is 5. The van der Waals surface area contributed by atoms with Gasteiger partial charge in [0.05, 0.1) is 12.7 Å². The molecule has 0 aromatic carbocycles. The molecule has 6 heteroatoms. The van der Waals surface area contributed by atoms with Crippen molar-refractivity contribution in [1.82, 2.24) is 19.9 Å². The van der Waals surface area contributed by atoms with Crippen molar-refractivity contribution in [2.24, 2.45) is 0 Å². The Morgan fingerprint density at radius 3 is 2.94 bits per heavy atom. The van der Waals surface area contributed by atoms with Crippen LogP contribution in [0.3, 0.4) is 0 Å². The molecule has 0 amide bonds. The van der Waals surface area contributed by atoms with Gasteiger partial charge in [0, 0.05) is 12.6 Å². The van der Waals surface area contributed by atoms with Crippen LogP contribution in [0.25, 0.3) is 0 Å². The van der Waals surface area contributed by atoms with Crippen LogP contribution in [0, 0.1) is 0 Å². The molecule has 1 aromatic rings. The third kappa shape index (κ3) is 2.38. The first-order valence-corrected chi connectivity index (χ1v) is 5.50. The standard InChI is InChI=1S/C10H16N4O2/c1-13(8-3-2-4-8)5-6-14-7-9(10(15)16)11-12-14/h7-8H,2-6H2,1H3,(H,15,16). The van der Waals surface area contributed by atoms with Crippen molar-refractivity contribution < 1.29 is 9.90 Å². The zero-order valence-corrected chi connectivity index (χ0v) is 9.33. The Labute approximate surface area is 93.9 Å². The third-order valence-electron chi connectivity index (χ3n) is 3.14. The van der Waals surface area contributed by atoms with Gasteiger partial charge in [0.15, 0.2) is 5.69 Å². The number of hydrogen-bond acceptors (Lipinski definition) is 4. The Bertz CT molecular complexity index is 373. The summed E-state index contributed by atoms with van der Waals surface area (Å²) in [5.41, 5.74) is 0.00583. The zero-order chi connectivity index (χ0) is 11.5. The molecule has 1 aliphatic carbocycles. The topological polar surface area (TPSA) is 71.2 Å². The Morgan fingerprint density at radius 1 is 1.69 bits per heavy atom. The van der Waals surface area contributed by atoms with Crippen molar-refractivity contribution in [1.29, 1.82) is 0 Å². The lowest BCUT2D eigenvalue weighted by atomic mass is 9.92. The Morgan fingerprint density at radius 2 is 2.44 bits per heavy atom. The predicted molar refractivity (Wildman–Crippen MR) is 57.3 cm³/mol. The molecule has 1 saturated carbocycles. The van der Waals surface area contributed by atoms with Gasteiger partial charge in [0.2, 0.25) is 0 Å². The van der Waals surface area contributed by atoms with Gasteiger partial charge in [-0.15, -0.1) is 5.10 Å². The average Bonchev–Trinajstić information content (AvgIpc) is 2.60. The highest BCUT2D eigenvalue weighted by atomic mass is 16.4. The summed E-state index contributed by atoms with van der Waals surface area (Å²) in [6.07, 6.45) is 5.33. The summed E-state index contributed by atoms with van der Waals surface area (Å²) in [6, 6.07) is 0.697. The number of carboxylic acids is 1. The van der Waals surface area contributed by atoms with Gasteiger partial charge in [-0.25, -0.2) is 4.79 Å². The SMILES string of the molecule is CN(CCn1cc(C(=O)O)nn1)C1CCC1. The molecule has 0 saturated heterocycles. The molecule has 88 valence electrons. The summed E-state index contributed by atoms with van der Waals surface area (Å²) in [5, 5.41) is 16.0. The van der Waals surface area contributed by atoms with Gasteiger partial charge >= 0.3 is 5.97 Å². The van der Waals surface area contributed by atoms with E-state index in [4.69, 9.17) is 5.11 Å². The quantitative estimate of drug-likeness (QED) is 0.786. The average molecular weight is 224 g/mol. The monoisotopic (exact) mass is 224 g/mol. The van der Waals surface area contributed by atoms with Crippen LogP contribution in [0.2, 0.25) is 0 Å². The van der Waals surface area contributed by atoms with Crippen LogP contribution in [-0.4, -0.2) is 50.6 Å². The Hall–Kier alpha value is -1.43. The van der Waals surface area contributed by atoms with Crippen molar-refractivity contribution in [3.63, 3.8) is 0 Å². The number of nitrogens with zero attached hydrogens (tertiary/aromatic N) is 4. The fraction of sp³-hybridized carbons (Fsp3) is 0.700. The summed E-state index contributed by atoms with van der Waals surface area (Å²) in [7, 11) is 2.10. The van der Waals surface area contributed by atoms with E-state index >= 15 is 0 Å². The van der Waals surface area contributed by atoms with E-state index in [0.29, 0.717) is 12.6 Å². The van der Waals surface area contributed by atoms with Crippen LogP contribution in [0.1, 0.15) is 29.8 Å². The van der Waals surface area contributed by atoms with Crippen LogP contribution in [0.15, 0.2) is 6.20 Å². The molecule has 1 aliphatic rings. The molecular formula is C10H16N4O2. The predicted octanol–water partition coefficient (Wildman–Crippen LogP) is 0.461. The number of carbonyl (C=O) groups is 1. The van der Waals surface area contributed by atoms with E-state index in [9.17, 15) is 4.79 Å². The van der Waals surface area contributed by atoms with Crippen molar-refractivity contribution in [3.8, 4) is 0 Å². The van der Waals surface area contributed by atoms with Crippen molar-refractivity contribution in [2.75, 3.05) is 13.6 Å². The van der Waals surface area contributed by atoms with Gasteiger partial charge in [0.25, 0.3) is 0 Å². The molecule has 1 heterocycles. The molecule has 2 rings (SSSR count). The number of hydrogen-bond donors (Lipinski definition) is 1. The molecule has 6 nitrogen and oxygen atoms in total. The van der Waals surface area contributed by atoms with Crippen LogP contribution in [-0.2, 0) is 6.54 Å². The van der Waals surface area contributed by atoms with Crippen LogP contribution in [0.5, 0.6) is 0 Å². The Kier molecular flexibility index (Phi) is 3.19. The maximum atomic E-state index is 10.6. The highest BCUT2D eigenvalue weighted by Crippen LogP contribution is 2.23. The second kappa shape index (κ2) is 4.61. The molecule has 1 N–H and O–H groups in total. The van der Waals surface area contributed by atoms with Crippen LogP contribution >= 0.6 is 0 Å². The van der Waals surface area contributed by atoms with Gasteiger partial charge in [-0.3, -0.25) is 4.68 Å². The van der Waals surface area contributed by atoms with Gasteiger partial charge in [-0.2, -0.15) is 0 Å². The minimum absolute atomic E-state index is 0.00583. The zero-order valence-electron chi connectivity index (χ0n) is 9.33. The summed E-state index contributed by atoms with van der Waals surface area (Å²) < 4.78 is 1.58. The summed E-state index contributed by atoms with van der Waals surface area (Å²) >= 11 is 0. The second-order valence-corrected chi connectivity index (χ2v) is 4.24. The maximum Gasteiger partial charge on any atom is 0.358 e. The normalized spacial score (nSPS) is 16.4. The smallest absolute Gasteiger partial charge is 0.358 e. The summed E-state index contributed by atoms with van der Waals surface area (Å²) in [4.78, 5) is 12.9. The molecule has 0 radical (unpaired) electrons. The second-order valence-electron chi connectivity index (χ2n) is 4.24. The number of aromatic nitrogens is 3. The van der Waals surface area contributed by atoms with Gasteiger partial charge < -0.3 is 10.0 Å². The van der Waals surface area contributed by atoms with Crippen molar-refractivity contribution in [3.05, 3.63) is 11.9 Å². The molecule has 0 atom stereocenters. The first kappa shape index (κ1) is 11.1. The van der Waals surface area contributed by atoms with E-state index in [0.717, 1.165) is 6.54 Å². The fourth-order valence-electron chi connectivity index (χ4n) is 1.78. The minimum atomic E-state index is -1.03. The fourth-order valence-corrected chi connectivity index (χ4v) is 1.78. The van der Waals surface area contributed by atoms with Gasteiger partial charge in [-0.05, 0) is 19.9 Å². The molecule has 0 aliphatic heterocycles. The highest BCUT2D eigenvalue weighted by Gasteiger charge is 2.21. The lowest BCUT2D eigenvalue weighted by Crippen LogP contribution is -2.38. The van der Waals surface area contributed by atoms with E-state index in [2.05, 4.69) is 22.3 Å². The van der Waals surface area contributed by atoms with E-state index in [1.807, 2.05) is 0 Å². The molecule has 0 unspecified atom stereocenters.